The summed E-state index contributed by atoms with van der Waals surface area (Å²) < 4.78 is 2.40. The Morgan fingerprint density at radius 1 is 0.949 bits per heavy atom. The molecule has 0 bridgehead atoms. The number of benzene rings is 1. The first-order valence-electron chi connectivity index (χ1n) is 15.2. The van der Waals surface area contributed by atoms with Crippen LogP contribution in [-0.4, -0.2) is 44.6 Å². The highest BCUT2D eigenvalue weighted by molar-refractivity contribution is 5.94. The van der Waals surface area contributed by atoms with Crippen LogP contribution in [0, 0.1) is 37.0 Å². The van der Waals surface area contributed by atoms with Crippen LogP contribution >= 0.6 is 0 Å². The highest BCUT2D eigenvalue weighted by Gasteiger charge is 2.47. The lowest BCUT2D eigenvalue weighted by Crippen LogP contribution is -2.34. The average molecular weight is 532 g/mol. The van der Waals surface area contributed by atoms with Crippen LogP contribution in [-0.2, 0) is 9.59 Å². The molecule has 1 saturated heterocycles. The van der Waals surface area contributed by atoms with Gasteiger partial charge in [0.15, 0.2) is 0 Å². The van der Waals surface area contributed by atoms with E-state index in [1.807, 2.05) is 24.0 Å². The number of hydrogen-bond acceptors (Lipinski definition) is 4. The maximum atomic E-state index is 13.7. The normalized spacial score (nSPS) is 28.8. The van der Waals surface area contributed by atoms with Crippen molar-refractivity contribution in [3.63, 3.8) is 0 Å². The first-order chi connectivity index (χ1) is 18.6. The van der Waals surface area contributed by atoms with Gasteiger partial charge in [-0.3, -0.25) is 9.59 Å². The average Bonchev–Trinajstić information content (AvgIpc) is 3.43. The van der Waals surface area contributed by atoms with Crippen LogP contribution < -0.4 is 5.32 Å². The lowest BCUT2D eigenvalue weighted by molar-refractivity contribution is -0.128. The highest BCUT2D eigenvalue weighted by Crippen LogP contribution is 2.53. The van der Waals surface area contributed by atoms with E-state index >= 15 is 0 Å². The smallest absolute Gasteiger partial charge is 0.230 e. The van der Waals surface area contributed by atoms with Crippen molar-refractivity contribution in [2.24, 2.45) is 23.2 Å². The molecule has 210 valence electrons. The molecule has 2 atom stereocenters. The molecule has 0 unspecified atom stereocenters. The highest BCUT2D eigenvalue weighted by atomic mass is 16.2. The molecule has 1 aliphatic heterocycles. The molecule has 39 heavy (non-hydrogen) atoms. The molecular formula is C32H45N5O2. The Morgan fingerprint density at radius 3 is 2.28 bits per heavy atom. The van der Waals surface area contributed by atoms with Gasteiger partial charge in [-0.25, -0.2) is 0 Å². The summed E-state index contributed by atoms with van der Waals surface area (Å²) in [6.07, 6.45) is 10.2. The largest absolute Gasteiger partial charge is 0.341 e. The lowest BCUT2D eigenvalue weighted by atomic mass is 9.61. The number of likely N-dealkylation sites (tertiary alicyclic amines) is 1. The van der Waals surface area contributed by atoms with E-state index in [4.69, 9.17) is 10.2 Å². The molecule has 7 heteroatoms. The number of nitrogens with zero attached hydrogens (tertiary/aromatic N) is 4. The summed E-state index contributed by atoms with van der Waals surface area (Å²) in [7, 11) is 0. The standard InChI is InChI=1S/C32H45N5O2/c1-19-6-9-28(20(2)14-19)33-31(39)27-18-36(21(3)38)17-26(27)30-35-34-29(37(30)25-7-8-25)24-15-23(16-24)22-10-12-32(4,5)13-11-22/h6,9,14,22-27H,7-8,10-13,15-18H2,1-5H3,(H,33,39)/t23?,24?,26-,27-/m0/s1. The number of aromatic nitrogens is 3. The molecule has 1 N–H and O–H groups in total. The van der Waals surface area contributed by atoms with E-state index in [2.05, 4.69) is 36.7 Å². The van der Waals surface area contributed by atoms with Crippen LogP contribution in [0.25, 0.3) is 0 Å². The van der Waals surface area contributed by atoms with Crippen molar-refractivity contribution < 1.29 is 9.59 Å². The van der Waals surface area contributed by atoms with Gasteiger partial charge in [0.1, 0.15) is 11.6 Å². The third kappa shape index (κ3) is 5.26. The van der Waals surface area contributed by atoms with Gasteiger partial charge in [0.25, 0.3) is 0 Å². The second-order valence-corrected chi connectivity index (χ2v) is 13.9. The third-order valence-electron chi connectivity index (χ3n) is 10.3. The molecule has 6 rings (SSSR count). The fourth-order valence-corrected chi connectivity index (χ4v) is 7.47. The number of carbonyl (C=O) groups is 2. The molecule has 2 heterocycles. The number of aryl methyl sites for hydroxylation is 2. The van der Waals surface area contributed by atoms with Crippen LogP contribution in [0.5, 0.6) is 0 Å². The summed E-state index contributed by atoms with van der Waals surface area (Å²) in [6, 6.07) is 6.52. The van der Waals surface area contributed by atoms with Crippen molar-refractivity contribution in [2.45, 2.75) is 104 Å². The molecule has 1 aromatic carbocycles. The number of nitrogens with one attached hydrogen (secondary N) is 1. The van der Waals surface area contributed by atoms with Crippen LogP contribution in [0.3, 0.4) is 0 Å². The minimum absolute atomic E-state index is 0.0111. The second kappa shape index (κ2) is 10.0. The van der Waals surface area contributed by atoms with Gasteiger partial charge in [0, 0.05) is 37.7 Å². The van der Waals surface area contributed by atoms with Gasteiger partial charge in [-0.1, -0.05) is 31.5 Å². The first kappa shape index (κ1) is 26.5. The van der Waals surface area contributed by atoms with Gasteiger partial charge in [-0.05, 0) is 94.1 Å². The molecule has 2 amide bonds. The summed E-state index contributed by atoms with van der Waals surface area (Å²) in [6.45, 7) is 11.4. The predicted molar refractivity (Wildman–Crippen MR) is 153 cm³/mol. The van der Waals surface area contributed by atoms with Crippen molar-refractivity contribution >= 4 is 17.5 Å². The van der Waals surface area contributed by atoms with E-state index < -0.39 is 0 Å². The predicted octanol–water partition coefficient (Wildman–Crippen LogP) is 6.14. The Balaban J connectivity index is 1.21. The lowest BCUT2D eigenvalue weighted by Gasteiger charge is -2.44. The quantitative estimate of drug-likeness (QED) is 0.486. The van der Waals surface area contributed by atoms with E-state index in [9.17, 15) is 9.59 Å². The number of hydrogen-bond donors (Lipinski definition) is 1. The number of rotatable bonds is 6. The monoisotopic (exact) mass is 531 g/mol. The first-order valence-corrected chi connectivity index (χ1v) is 15.2. The maximum Gasteiger partial charge on any atom is 0.230 e. The molecule has 0 radical (unpaired) electrons. The van der Waals surface area contributed by atoms with Gasteiger partial charge < -0.3 is 14.8 Å². The summed E-state index contributed by atoms with van der Waals surface area (Å²) in [5.41, 5.74) is 3.56. The van der Waals surface area contributed by atoms with Crippen molar-refractivity contribution in [1.29, 1.82) is 0 Å². The number of anilines is 1. The number of amides is 2. The molecule has 7 nitrogen and oxygen atoms in total. The van der Waals surface area contributed by atoms with Gasteiger partial charge in [0.05, 0.1) is 11.8 Å². The molecule has 3 saturated carbocycles. The molecule has 0 spiro atoms. The fourth-order valence-electron chi connectivity index (χ4n) is 7.47. The van der Waals surface area contributed by atoms with E-state index in [1.54, 1.807) is 6.92 Å². The van der Waals surface area contributed by atoms with Crippen LogP contribution in [0.15, 0.2) is 18.2 Å². The van der Waals surface area contributed by atoms with Crippen molar-refractivity contribution in [3.05, 3.63) is 41.0 Å². The van der Waals surface area contributed by atoms with Crippen LogP contribution in [0.4, 0.5) is 5.69 Å². The van der Waals surface area contributed by atoms with Gasteiger partial charge >= 0.3 is 0 Å². The van der Waals surface area contributed by atoms with Crippen LogP contribution in [0.2, 0.25) is 0 Å². The van der Waals surface area contributed by atoms with Crippen LogP contribution in [0.1, 0.15) is 113 Å². The van der Waals surface area contributed by atoms with Gasteiger partial charge in [-0.2, -0.15) is 0 Å². The molecule has 4 fully saturated rings. The van der Waals surface area contributed by atoms with Crippen molar-refractivity contribution in [1.82, 2.24) is 19.7 Å². The Kier molecular flexibility index (Phi) is 6.83. The topological polar surface area (TPSA) is 80.1 Å². The van der Waals surface area contributed by atoms with Crippen molar-refractivity contribution in [2.75, 3.05) is 18.4 Å². The van der Waals surface area contributed by atoms with Gasteiger partial charge in [0.2, 0.25) is 11.8 Å². The van der Waals surface area contributed by atoms with E-state index in [0.29, 0.717) is 30.5 Å². The zero-order valence-corrected chi connectivity index (χ0v) is 24.4. The van der Waals surface area contributed by atoms with E-state index in [0.717, 1.165) is 47.6 Å². The second-order valence-electron chi connectivity index (χ2n) is 13.9. The number of carbonyl (C=O) groups excluding carboxylic acids is 2. The molecule has 2 aromatic rings. The minimum atomic E-state index is -0.344. The Bertz CT molecular complexity index is 1250. The van der Waals surface area contributed by atoms with Crippen molar-refractivity contribution in [3.8, 4) is 0 Å². The summed E-state index contributed by atoms with van der Waals surface area (Å²) >= 11 is 0. The Morgan fingerprint density at radius 2 is 1.64 bits per heavy atom. The van der Waals surface area contributed by atoms with E-state index in [1.165, 1.54) is 44.1 Å². The molecule has 3 aliphatic carbocycles. The van der Waals surface area contributed by atoms with E-state index in [-0.39, 0.29) is 23.7 Å². The maximum absolute atomic E-state index is 13.7. The third-order valence-corrected chi connectivity index (χ3v) is 10.3. The molecular weight excluding hydrogens is 486 g/mol. The zero-order chi connectivity index (χ0) is 27.5. The minimum Gasteiger partial charge on any atom is -0.341 e. The Labute approximate surface area is 233 Å². The molecule has 1 aromatic heterocycles. The summed E-state index contributed by atoms with van der Waals surface area (Å²) in [5, 5.41) is 12.7. The van der Waals surface area contributed by atoms with Gasteiger partial charge in [-0.15, -0.1) is 10.2 Å². The summed E-state index contributed by atoms with van der Waals surface area (Å²) in [5.74, 6) is 3.69. The summed E-state index contributed by atoms with van der Waals surface area (Å²) in [4.78, 5) is 27.9. The Hall–Kier alpha value is -2.70. The fraction of sp³-hybridized carbons (Fsp3) is 0.688. The zero-order valence-electron chi connectivity index (χ0n) is 24.4. The SMILES string of the molecule is CC(=O)N1C[C@H](C(=O)Nc2ccc(C)cc2C)[C@@H](c2nnc(C3CC(C4CCC(C)(C)CC4)C3)n2C2CC2)C1. The molecule has 4 aliphatic rings.